The lowest BCUT2D eigenvalue weighted by atomic mass is 10.1. The largest absolute Gasteiger partial charge is 0.459 e. The van der Waals surface area contributed by atoms with Crippen LogP contribution in [0.2, 0.25) is 0 Å². The summed E-state index contributed by atoms with van der Waals surface area (Å²) in [5, 5.41) is 2.94. The zero-order chi connectivity index (χ0) is 18.4. The molecule has 0 bridgehead atoms. The van der Waals surface area contributed by atoms with E-state index in [4.69, 9.17) is 4.42 Å². The molecule has 0 spiro atoms. The van der Waals surface area contributed by atoms with Gasteiger partial charge < -0.3 is 14.6 Å². The molecule has 0 radical (unpaired) electrons. The minimum absolute atomic E-state index is 0.0170. The lowest BCUT2D eigenvalue weighted by Crippen LogP contribution is -2.49. The molecule has 26 heavy (non-hydrogen) atoms. The molecule has 6 heteroatoms. The van der Waals surface area contributed by atoms with E-state index in [1.807, 2.05) is 24.3 Å². The molecule has 1 fully saturated rings. The van der Waals surface area contributed by atoms with Gasteiger partial charge in [-0.3, -0.25) is 14.5 Å². The second kappa shape index (κ2) is 8.67. The SMILES string of the molecule is CCc1ccc(NC(=O)CCN2CCN(C(=O)c3ccco3)CC2)cc1. The van der Waals surface area contributed by atoms with Crippen LogP contribution in [0, 0.1) is 0 Å². The van der Waals surface area contributed by atoms with Crippen molar-refractivity contribution in [2.75, 3.05) is 38.0 Å². The van der Waals surface area contributed by atoms with Crippen molar-refractivity contribution in [1.29, 1.82) is 0 Å². The van der Waals surface area contributed by atoms with Gasteiger partial charge in [-0.2, -0.15) is 0 Å². The Morgan fingerprint density at radius 2 is 1.81 bits per heavy atom. The number of carbonyl (C=O) groups is 2. The molecular formula is C20H25N3O3. The van der Waals surface area contributed by atoms with Crippen LogP contribution in [0.15, 0.2) is 47.1 Å². The number of hydrogen-bond acceptors (Lipinski definition) is 4. The lowest BCUT2D eigenvalue weighted by molar-refractivity contribution is -0.116. The van der Waals surface area contributed by atoms with Gasteiger partial charge in [0.1, 0.15) is 0 Å². The first-order valence-corrected chi connectivity index (χ1v) is 9.09. The van der Waals surface area contributed by atoms with E-state index in [1.165, 1.54) is 11.8 Å². The van der Waals surface area contributed by atoms with Gasteiger partial charge in [0.25, 0.3) is 5.91 Å². The molecule has 2 aromatic rings. The molecule has 1 N–H and O–H groups in total. The normalized spacial score (nSPS) is 15.0. The monoisotopic (exact) mass is 355 g/mol. The maximum Gasteiger partial charge on any atom is 0.289 e. The Labute approximate surface area is 153 Å². The number of hydrogen-bond donors (Lipinski definition) is 1. The minimum atomic E-state index is -0.0667. The van der Waals surface area contributed by atoms with Crippen LogP contribution >= 0.6 is 0 Å². The highest BCUT2D eigenvalue weighted by molar-refractivity contribution is 5.91. The molecule has 1 aromatic carbocycles. The zero-order valence-electron chi connectivity index (χ0n) is 15.1. The summed E-state index contributed by atoms with van der Waals surface area (Å²) in [6, 6.07) is 11.4. The van der Waals surface area contributed by atoms with Crippen molar-refractivity contribution in [2.24, 2.45) is 0 Å². The highest BCUT2D eigenvalue weighted by atomic mass is 16.3. The summed E-state index contributed by atoms with van der Waals surface area (Å²) in [5.74, 6) is 0.332. The quantitative estimate of drug-likeness (QED) is 0.865. The molecule has 0 atom stereocenters. The Morgan fingerprint density at radius 1 is 1.08 bits per heavy atom. The van der Waals surface area contributed by atoms with Crippen LogP contribution in [0.4, 0.5) is 5.69 Å². The number of furan rings is 1. The third-order valence-electron chi connectivity index (χ3n) is 4.69. The predicted octanol–water partition coefficient (Wildman–Crippen LogP) is 2.63. The summed E-state index contributed by atoms with van der Waals surface area (Å²) in [6.07, 6.45) is 2.95. The second-order valence-electron chi connectivity index (χ2n) is 6.46. The van der Waals surface area contributed by atoms with E-state index in [-0.39, 0.29) is 11.8 Å². The van der Waals surface area contributed by atoms with E-state index in [2.05, 4.69) is 17.1 Å². The van der Waals surface area contributed by atoms with Crippen LogP contribution in [0.25, 0.3) is 0 Å². The number of anilines is 1. The molecule has 0 aliphatic carbocycles. The lowest BCUT2D eigenvalue weighted by Gasteiger charge is -2.34. The van der Waals surface area contributed by atoms with Gasteiger partial charge in [0.05, 0.1) is 6.26 Å². The van der Waals surface area contributed by atoms with Crippen molar-refractivity contribution in [2.45, 2.75) is 19.8 Å². The molecule has 1 saturated heterocycles. The first kappa shape index (κ1) is 18.2. The summed E-state index contributed by atoms with van der Waals surface area (Å²) in [4.78, 5) is 28.4. The van der Waals surface area contributed by atoms with E-state index >= 15 is 0 Å². The van der Waals surface area contributed by atoms with E-state index < -0.39 is 0 Å². The third-order valence-corrected chi connectivity index (χ3v) is 4.69. The summed E-state index contributed by atoms with van der Waals surface area (Å²) >= 11 is 0. The van der Waals surface area contributed by atoms with Gasteiger partial charge >= 0.3 is 0 Å². The summed E-state index contributed by atoms with van der Waals surface area (Å²) in [7, 11) is 0. The third kappa shape index (κ3) is 4.73. The van der Waals surface area contributed by atoms with Crippen molar-refractivity contribution in [3.63, 3.8) is 0 Å². The maximum atomic E-state index is 12.2. The van der Waals surface area contributed by atoms with E-state index in [1.54, 1.807) is 17.0 Å². The van der Waals surface area contributed by atoms with Crippen molar-refractivity contribution in [1.82, 2.24) is 9.80 Å². The molecule has 3 rings (SSSR count). The van der Waals surface area contributed by atoms with Crippen LogP contribution in [0.3, 0.4) is 0 Å². The smallest absolute Gasteiger partial charge is 0.289 e. The zero-order valence-corrected chi connectivity index (χ0v) is 15.1. The fourth-order valence-corrected chi connectivity index (χ4v) is 3.04. The van der Waals surface area contributed by atoms with Crippen molar-refractivity contribution in [3.05, 3.63) is 54.0 Å². The topological polar surface area (TPSA) is 65.8 Å². The number of rotatable bonds is 6. The Bertz CT molecular complexity index is 717. The number of benzene rings is 1. The summed E-state index contributed by atoms with van der Waals surface area (Å²) < 4.78 is 5.17. The van der Waals surface area contributed by atoms with Crippen molar-refractivity contribution in [3.8, 4) is 0 Å². The van der Waals surface area contributed by atoms with Crippen LogP contribution in [0.1, 0.15) is 29.5 Å². The highest BCUT2D eigenvalue weighted by Crippen LogP contribution is 2.12. The Hall–Kier alpha value is -2.60. The molecule has 2 heterocycles. The Morgan fingerprint density at radius 3 is 2.42 bits per heavy atom. The van der Waals surface area contributed by atoms with Crippen LogP contribution in [-0.2, 0) is 11.2 Å². The molecule has 1 aromatic heterocycles. The standard InChI is InChI=1S/C20H25N3O3/c1-2-16-5-7-17(8-6-16)21-19(24)9-10-22-11-13-23(14-12-22)20(25)18-4-3-15-26-18/h3-8,15H,2,9-14H2,1H3,(H,21,24). The van der Waals surface area contributed by atoms with Gasteiger partial charge in [0.15, 0.2) is 5.76 Å². The maximum absolute atomic E-state index is 12.2. The number of amides is 2. The van der Waals surface area contributed by atoms with Gasteiger partial charge in [-0.15, -0.1) is 0 Å². The average molecular weight is 355 g/mol. The molecule has 0 saturated carbocycles. The van der Waals surface area contributed by atoms with Crippen molar-refractivity contribution >= 4 is 17.5 Å². The average Bonchev–Trinajstić information content (AvgIpc) is 3.21. The highest BCUT2D eigenvalue weighted by Gasteiger charge is 2.23. The number of aryl methyl sites for hydroxylation is 1. The molecule has 138 valence electrons. The van der Waals surface area contributed by atoms with Gasteiger partial charge in [-0.1, -0.05) is 19.1 Å². The second-order valence-corrected chi connectivity index (χ2v) is 6.46. The van der Waals surface area contributed by atoms with Crippen LogP contribution < -0.4 is 5.32 Å². The van der Waals surface area contributed by atoms with E-state index in [0.717, 1.165) is 25.2 Å². The van der Waals surface area contributed by atoms with Gasteiger partial charge in [0, 0.05) is 44.8 Å². The van der Waals surface area contributed by atoms with Crippen LogP contribution in [-0.4, -0.2) is 54.3 Å². The Kier molecular flexibility index (Phi) is 6.07. The summed E-state index contributed by atoms with van der Waals surface area (Å²) in [5.41, 5.74) is 2.09. The first-order valence-electron chi connectivity index (χ1n) is 9.09. The van der Waals surface area contributed by atoms with Crippen molar-refractivity contribution < 1.29 is 14.0 Å². The molecule has 6 nitrogen and oxygen atoms in total. The first-order chi connectivity index (χ1) is 12.7. The molecule has 2 amide bonds. The minimum Gasteiger partial charge on any atom is -0.459 e. The van der Waals surface area contributed by atoms with E-state index in [9.17, 15) is 9.59 Å². The fourth-order valence-electron chi connectivity index (χ4n) is 3.04. The molecular weight excluding hydrogens is 330 g/mol. The predicted molar refractivity (Wildman–Crippen MR) is 100 cm³/mol. The Balaban J connectivity index is 1.39. The number of carbonyl (C=O) groups excluding carboxylic acids is 2. The number of nitrogens with one attached hydrogen (secondary N) is 1. The molecule has 1 aliphatic rings. The van der Waals surface area contributed by atoms with Gasteiger partial charge in [-0.25, -0.2) is 0 Å². The van der Waals surface area contributed by atoms with Gasteiger partial charge in [0.2, 0.25) is 5.91 Å². The number of nitrogens with zero attached hydrogens (tertiary/aromatic N) is 2. The van der Waals surface area contributed by atoms with Crippen LogP contribution in [0.5, 0.6) is 0 Å². The van der Waals surface area contributed by atoms with Gasteiger partial charge in [-0.05, 0) is 36.2 Å². The summed E-state index contributed by atoms with van der Waals surface area (Å²) in [6.45, 7) is 5.65. The fraction of sp³-hybridized carbons (Fsp3) is 0.400. The molecule has 1 aliphatic heterocycles. The molecule has 0 unspecified atom stereocenters. The number of piperazine rings is 1. The van der Waals surface area contributed by atoms with E-state index in [0.29, 0.717) is 31.8 Å².